The minimum atomic E-state index is -4.45. The standard InChI is InChI=1S/C14H18F3N5O2/c15-14(16,17)11(22-5-3-19-4-6-22)8-21-13(24)10-2-1-9(7-20-10)12(18)23/h1-2,7,11,19H,3-6,8H2,(H2,18,23)(H,21,24). The van der Waals surface area contributed by atoms with Gasteiger partial charge in [0, 0.05) is 38.9 Å². The zero-order valence-electron chi connectivity index (χ0n) is 12.8. The van der Waals surface area contributed by atoms with E-state index >= 15 is 0 Å². The fourth-order valence-electron chi connectivity index (χ4n) is 2.40. The van der Waals surface area contributed by atoms with Crippen molar-refractivity contribution in [3.05, 3.63) is 29.6 Å². The van der Waals surface area contributed by atoms with Gasteiger partial charge in [0.15, 0.2) is 0 Å². The number of amides is 2. The second kappa shape index (κ2) is 7.58. The highest BCUT2D eigenvalue weighted by molar-refractivity contribution is 5.95. The maximum Gasteiger partial charge on any atom is 0.405 e. The van der Waals surface area contributed by atoms with Crippen LogP contribution in [-0.2, 0) is 0 Å². The minimum absolute atomic E-state index is 0.0822. The van der Waals surface area contributed by atoms with Crippen LogP contribution in [0.15, 0.2) is 18.3 Å². The first-order valence-electron chi connectivity index (χ1n) is 7.34. The van der Waals surface area contributed by atoms with E-state index in [9.17, 15) is 22.8 Å². The smallest absolute Gasteiger partial charge is 0.366 e. The quantitative estimate of drug-likeness (QED) is 0.683. The number of aromatic nitrogens is 1. The van der Waals surface area contributed by atoms with Crippen molar-refractivity contribution in [2.24, 2.45) is 5.73 Å². The van der Waals surface area contributed by atoms with Crippen molar-refractivity contribution >= 4 is 11.8 Å². The van der Waals surface area contributed by atoms with Crippen molar-refractivity contribution in [3.8, 4) is 0 Å². The third kappa shape index (κ3) is 4.65. The molecule has 4 N–H and O–H groups in total. The van der Waals surface area contributed by atoms with E-state index in [0.717, 1.165) is 6.20 Å². The predicted molar refractivity (Wildman–Crippen MR) is 79.4 cm³/mol. The van der Waals surface area contributed by atoms with Gasteiger partial charge in [0.1, 0.15) is 11.7 Å². The molecule has 1 fully saturated rings. The summed E-state index contributed by atoms with van der Waals surface area (Å²) in [6.45, 7) is 0.881. The highest BCUT2D eigenvalue weighted by Gasteiger charge is 2.43. The molecule has 0 spiro atoms. The minimum Gasteiger partial charge on any atom is -0.366 e. The number of primary amides is 1. The number of carbonyl (C=O) groups is 2. The molecular formula is C14H18F3N5O2. The van der Waals surface area contributed by atoms with Crippen LogP contribution in [0.1, 0.15) is 20.8 Å². The van der Waals surface area contributed by atoms with Crippen LogP contribution in [0, 0.1) is 0 Å². The van der Waals surface area contributed by atoms with Crippen LogP contribution in [-0.4, -0.2) is 66.6 Å². The SMILES string of the molecule is NC(=O)c1ccc(C(=O)NCC(N2CCNCC2)C(F)(F)F)nc1. The zero-order chi connectivity index (χ0) is 17.7. The Labute approximate surface area is 136 Å². The summed E-state index contributed by atoms with van der Waals surface area (Å²) < 4.78 is 39.7. The number of nitrogens with zero attached hydrogens (tertiary/aromatic N) is 2. The van der Waals surface area contributed by atoms with Crippen LogP contribution in [0.4, 0.5) is 13.2 Å². The van der Waals surface area contributed by atoms with Gasteiger partial charge in [-0.1, -0.05) is 0 Å². The van der Waals surface area contributed by atoms with Gasteiger partial charge in [-0.3, -0.25) is 19.5 Å². The molecule has 1 aliphatic heterocycles. The molecule has 24 heavy (non-hydrogen) atoms. The van der Waals surface area contributed by atoms with Crippen LogP contribution < -0.4 is 16.4 Å². The number of piperazine rings is 1. The highest BCUT2D eigenvalue weighted by Crippen LogP contribution is 2.24. The molecule has 0 aliphatic carbocycles. The van der Waals surface area contributed by atoms with Gasteiger partial charge < -0.3 is 16.4 Å². The second-order valence-corrected chi connectivity index (χ2v) is 5.35. The molecule has 0 saturated carbocycles. The Hall–Kier alpha value is -2.20. The number of carbonyl (C=O) groups excluding carboxylic acids is 2. The lowest BCUT2D eigenvalue weighted by Crippen LogP contribution is -2.57. The number of hydrogen-bond donors (Lipinski definition) is 3. The first kappa shape index (κ1) is 18.1. The Morgan fingerprint density at radius 3 is 2.50 bits per heavy atom. The van der Waals surface area contributed by atoms with Crippen molar-refractivity contribution in [1.82, 2.24) is 20.5 Å². The van der Waals surface area contributed by atoms with Crippen LogP contribution >= 0.6 is 0 Å². The Morgan fingerprint density at radius 2 is 2.00 bits per heavy atom. The molecule has 1 aromatic heterocycles. The molecule has 0 radical (unpaired) electrons. The summed E-state index contributed by atoms with van der Waals surface area (Å²) >= 11 is 0. The van der Waals surface area contributed by atoms with Crippen molar-refractivity contribution < 1.29 is 22.8 Å². The average Bonchev–Trinajstić information content (AvgIpc) is 2.54. The molecule has 2 rings (SSSR count). The van der Waals surface area contributed by atoms with E-state index in [4.69, 9.17) is 5.73 Å². The molecular weight excluding hydrogens is 327 g/mol. The summed E-state index contributed by atoms with van der Waals surface area (Å²) in [6.07, 6.45) is -3.34. The number of rotatable bonds is 5. The summed E-state index contributed by atoms with van der Waals surface area (Å²) in [5.41, 5.74) is 5.08. The normalized spacial score (nSPS) is 17.3. The maximum absolute atomic E-state index is 13.2. The summed E-state index contributed by atoms with van der Waals surface area (Å²) in [7, 11) is 0. The van der Waals surface area contributed by atoms with Crippen LogP contribution in [0.25, 0.3) is 0 Å². The number of pyridine rings is 1. The molecule has 0 bridgehead atoms. The zero-order valence-corrected chi connectivity index (χ0v) is 12.8. The number of halogens is 3. The molecule has 10 heteroatoms. The fourth-order valence-corrected chi connectivity index (χ4v) is 2.40. The van der Waals surface area contributed by atoms with Crippen molar-refractivity contribution in [1.29, 1.82) is 0 Å². The molecule has 1 unspecified atom stereocenters. The van der Waals surface area contributed by atoms with Gasteiger partial charge in [0.05, 0.1) is 5.56 Å². The first-order valence-corrected chi connectivity index (χ1v) is 7.34. The number of nitrogens with one attached hydrogen (secondary N) is 2. The van der Waals surface area contributed by atoms with E-state index in [1.807, 2.05) is 0 Å². The van der Waals surface area contributed by atoms with Gasteiger partial charge in [0.25, 0.3) is 5.91 Å². The highest BCUT2D eigenvalue weighted by atomic mass is 19.4. The van der Waals surface area contributed by atoms with Gasteiger partial charge in [-0.05, 0) is 12.1 Å². The molecule has 1 aliphatic rings. The molecule has 132 valence electrons. The fraction of sp³-hybridized carbons (Fsp3) is 0.500. The topological polar surface area (TPSA) is 100 Å². The largest absolute Gasteiger partial charge is 0.405 e. The predicted octanol–water partition coefficient (Wildman–Crippen LogP) is -0.254. The molecule has 1 saturated heterocycles. The molecule has 2 heterocycles. The summed E-state index contributed by atoms with van der Waals surface area (Å²) in [4.78, 5) is 27.9. The van der Waals surface area contributed by atoms with Gasteiger partial charge in [-0.15, -0.1) is 0 Å². The van der Waals surface area contributed by atoms with E-state index in [1.54, 1.807) is 0 Å². The van der Waals surface area contributed by atoms with Gasteiger partial charge in [-0.2, -0.15) is 13.2 Å². The Kier molecular flexibility index (Phi) is 5.73. The number of alkyl halides is 3. The van der Waals surface area contributed by atoms with Gasteiger partial charge in [0.2, 0.25) is 5.91 Å². The third-order valence-electron chi connectivity index (χ3n) is 3.71. The lowest BCUT2D eigenvalue weighted by molar-refractivity contribution is -0.183. The summed E-state index contributed by atoms with van der Waals surface area (Å²) in [5.74, 6) is -1.44. The average molecular weight is 345 g/mol. The van der Waals surface area contributed by atoms with E-state index in [2.05, 4.69) is 15.6 Å². The van der Waals surface area contributed by atoms with Crippen LogP contribution in [0.2, 0.25) is 0 Å². The molecule has 1 aromatic rings. The second-order valence-electron chi connectivity index (χ2n) is 5.35. The number of nitrogens with two attached hydrogens (primary N) is 1. The molecule has 1 atom stereocenters. The Bertz CT molecular complexity index is 585. The van der Waals surface area contributed by atoms with Crippen molar-refractivity contribution in [2.45, 2.75) is 12.2 Å². The van der Waals surface area contributed by atoms with E-state index in [0.29, 0.717) is 13.1 Å². The third-order valence-corrected chi connectivity index (χ3v) is 3.71. The van der Waals surface area contributed by atoms with Crippen molar-refractivity contribution in [2.75, 3.05) is 32.7 Å². The molecule has 2 amide bonds. The van der Waals surface area contributed by atoms with E-state index in [-0.39, 0.29) is 24.3 Å². The summed E-state index contributed by atoms with van der Waals surface area (Å²) in [6, 6.07) is 0.776. The summed E-state index contributed by atoms with van der Waals surface area (Å²) in [5, 5.41) is 5.23. The lowest BCUT2D eigenvalue weighted by Gasteiger charge is -2.35. The maximum atomic E-state index is 13.2. The number of hydrogen-bond acceptors (Lipinski definition) is 5. The molecule has 0 aromatic carbocycles. The van der Waals surface area contributed by atoms with Gasteiger partial charge >= 0.3 is 6.18 Å². The molecule has 7 nitrogen and oxygen atoms in total. The van der Waals surface area contributed by atoms with E-state index < -0.39 is 30.6 Å². The Morgan fingerprint density at radius 1 is 1.33 bits per heavy atom. The van der Waals surface area contributed by atoms with Crippen LogP contribution in [0.3, 0.4) is 0 Å². The lowest BCUT2D eigenvalue weighted by atomic mass is 10.2. The van der Waals surface area contributed by atoms with Gasteiger partial charge in [-0.25, -0.2) is 0 Å². The first-order chi connectivity index (χ1) is 11.3. The Balaban J connectivity index is 1.99. The van der Waals surface area contributed by atoms with Crippen LogP contribution in [0.5, 0.6) is 0 Å². The monoisotopic (exact) mass is 345 g/mol. The van der Waals surface area contributed by atoms with E-state index in [1.165, 1.54) is 17.0 Å². The van der Waals surface area contributed by atoms with Crippen molar-refractivity contribution in [3.63, 3.8) is 0 Å².